The Morgan fingerprint density at radius 2 is 2.10 bits per heavy atom. The molecule has 2 aromatic rings. The van der Waals surface area contributed by atoms with Gasteiger partial charge in [0, 0.05) is 26.3 Å². The monoisotopic (exact) mass is 398 g/mol. The van der Waals surface area contributed by atoms with Gasteiger partial charge in [-0.15, -0.1) is 0 Å². The van der Waals surface area contributed by atoms with Crippen LogP contribution >= 0.6 is 0 Å². The normalized spacial score (nSPS) is 18.5. The summed E-state index contributed by atoms with van der Waals surface area (Å²) in [4.78, 5) is 32.2. The lowest BCUT2D eigenvalue weighted by Gasteiger charge is -2.30. The molecule has 0 unspecified atom stereocenters. The van der Waals surface area contributed by atoms with Crippen LogP contribution < -0.4 is 15.8 Å². The van der Waals surface area contributed by atoms with E-state index in [4.69, 9.17) is 9.47 Å². The first-order valence-electron chi connectivity index (χ1n) is 9.95. The van der Waals surface area contributed by atoms with Crippen molar-refractivity contribution in [2.75, 3.05) is 38.3 Å². The zero-order valence-corrected chi connectivity index (χ0v) is 16.6. The third-order valence-corrected chi connectivity index (χ3v) is 5.40. The number of amides is 1. The highest BCUT2D eigenvalue weighted by Crippen LogP contribution is 2.30. The van der Waals surface area contributed by atoms with Crippen molar-refractivity contribution >= 4 is 11.9 Å². The van der Waals surface area contributed by atoms with Crippen molar-refractivity contribution in [1.82, 2.24) is 14.9 Å². The van der Waals surface area contributed by atoms with Crippen LogP contribution in [0.3, 0.4) is 0 Å². The van der Waals surface area contributed by atoms with E-state index in [-0.39, 0.29) is 30.7 Å². The lowest BCUT2D eigenvalue weighted by atomic mass is 10.1. The standard InChI is InChI=1S/C21H26N4O4/c1-28-14-16-12-20(27)25(21(22-16)24-8-10-29-11-9-24)13-19(26)23-18-7-6-15-4-2-3-5-17(15)18/h2-5,12,18H,6-11,13-14H2,1H3,(H,23,26)/t18-/m0/s1. The molecule has 4 rings (SSSR count). The molecule has 8 nitrogen and oxygen atoms in total. The van der Waals surface area contributed by atoms with Crippen molar-refractivity contribution in [1.29, 1.82) is 0 Å². The van der Waals surface area contributed by atoms with Gasteiger partial charge in [-0.1, -0.05) is 24.3 Å². The second-order valence-electron chi connectivity index (χ2n) is 7.36. The minimum Gasteiger partial charge on any atom is -0.378 e. The van der Waals surface area contributed by atoms with Crippen molar-refractivity contribution in [2.45, 2.75) is 32.0 Å². The second kappa shape index (κ2) is 8.75. The molecule has 2 aliphatic rings. The maximum absolute atomic E-state index is 12.8. The van der Waals surface area contributed by atoms with Crippen LogP contribution in [-0.2, 0) is 33.8 Å². The average Bonchev–Trinajstić information content (AvgIpc) is 3.13. The molecule has 1 aromatic carbocycles. The van der Waals surface area contributed by atoms with Crippen molar-refractivity contribution in [3.05, 3.63) is 57.5 Å². The van der Waals surface area contributed by atoms with Gasteiger partial charge in [0.1, 0.15) is 6.54 Å². The number of hydrogen-bond donors (Lipinski definition) is 1. The molecule has 1 aliphatic heterocycles. The number of methoxy groups -OCH3 is 1. The number of rotatable bonds is 6. The molecule has 8 heteroatoms. The summed E-state index contributed by atoms with van der Waals surface area (Å²) >= 11 is 0. The number of nitrogens with one attached hydrogen (secondary N) is 1. The van der Waals surface area contributed by atoms with Gasteiger partial charge in [0.05, 0.1) is 31.6 Å². The molecule has 0 radical (unpaired) electrons. The van der Waals surface area contributed by atoms with Gasteiger partial charge in [0.2, 0.25) is 11.9 Å². The fraction of sp³-hybridized carbons (Fsp3) is 0.476. The predicted molar refractivity (Wildman–Crippen MR) is 108 cm³/mol. The molecule has 2 heterocycles. The average molecular weight is 398 g/mol. The number of anilines is 1. The van der Waals surface area contributed by atoms with E-state index in [0.717, 1.165) is 18.4 Å². The van der Waals surface area contributed by atoms with Crippen molar-refractivity contribution in [3.8, 4) is 0 Å². The number of aromatic nitrogens is 2. The Morgan fingerprint density at radius 3 is 2.90 bits per heavy atom. The molecule has 1 fully saturated rings. The number of carbonyl (C=O) groups is 1. The van der Waals surface area contributed by atoms with Crippen LogP contribution in [0, 0.1) is 0 Å². The van der Waals surface area contributed by atoms with E-state index in [1.807, 2.05) is 17.0 Å². The van der Waals surface area contributed by atoms with Gasteiger partial charge in [-0.25, -0.2) is 4.98 Å². The van der Waals surface area contributed by atoms with Crippen LogP contribution in [0.1, 0.15) is 29.3 Å². The third kappa shape index (κ3) is 4.33. The lowest BCUT2D eigenvalue weighted by Crippen LogP contribution is -2.42. The summed E-state index contributed by atoms with van der Waals surface area (Å²) in [7, 11) is 1.56. The van der Waals surface area contributed by atoms with Crippen molar-refractivity contribution in [2.24, 2.45) is 0 Å². The van der Waals surface area contributed by atoms with E-state index < -0.39 is 0 Å². The number of aryl methyl sites for hydroxylation is 1. The van der Waals surface area contributed by atoms with Crippen LogP contribution in [0.25, 0.3) is 0 Å². The van der Waals surface area contributed by atoms with E-state index in [0.29, 0.717) is 37.9 Å². The predicted octanol–water partition coefficient (Wildman–Crippen LogP) is 1.03. The van der Waals surface area contributed by atoms with Crippen LogP contribution in [0.15, 0.2) is 35.1 Å². The zero-order chi connectivity index (χ0) is 20.2. The molecule has 1 atom stereocenters. The highest BCUT2D eigenvalue weighted by atomic mass is 16.5. The number of benzene rings is 1. The maximum Gasteiger partial charge on any atom is 0.255 e. The Bertz CT molecular complexity index is 937. The third-order valence-electron chi connectivity index (χ3n) is 5.40. The molecule has 1 N–H and O–H groups in total. The van der Waals surface area contributed by atoms with Gasteiger partial charge in [-0.3, -0.25) is 14.2 Å². The van der Waals surface area contributed by atoms with Crippen molar-refractivity contribution in [3.63, 3.8) is 0 Å². The second-order valence-corrected chi connectivity index (χ2v) is 7.36. The summed E-state index contributed by atoms with van der Waals surface area (Å²) in [5.41, 5.74) is 2.74. The Kier molecular flexibility index (Phi) is 5.92. The van der Waals surface area contributed by atoms with Crippen LogP contribution in [0.4, 0.5) is 5.95 Å². The van der Waals surface area contributed by atoms with E-state index in [1.165, 1.54) is 16.2 Å². The van der Waals surface area contributed by atoms with E-state index >= 15 is 0 Å². The molecule has 154 valence electrons. The van der Waals surface area contributed by atoms with E-state index in [2.05, 4.69) is 22.4 Å². The molecule has 0 spiro atoms. The molecule has 1 saturated heterocycles. The molecular weight excluding hydrogens is 372 g/mol. The van der Waals surface area contributed by atoms with Crippen LogP contribution in [-0.4, -0.2) is 48.9 Å². The van der Waals surface area contributed by atoms with E-state index in [1.54, 1.807) is 7.11 Å². The smallest absolute Gasteiger partial charge is 0.255 e. The van der Waals surface area contributed by atoms with Crippen LogP contribution in [0.2, 0.25) is 0 Å². The van der Waals surface area contributed by atoms with Gasteiger partial charge in [0.25, 0.3) is 5.56 Å². The lowest BCUT2D eigenvalue weighted by molar-refractivity contribution is -0.122. The zero-order valence-electron chi connectivity index (χ0n) is 16.6. The molecule has 29 heavy (non-hydrogen) atoms. The van der Waals surface area contributed by atoms with Crippen LogP contribution in [0.5, 0.6) is 0 Å². The maximum atomic E-state index is 12.8. The topological polar surface area (TPSA) is 85.7 Å². The first kappa shape index (κ1) is 19.6. The minimum atomic E-state index is -0.254. The van der Waals surface area contributed by atoms with Gasteiger partial charge < -0.3 is 19.7 Å². The number of fused-ring (bicyclic) bond motifs is 1. The summed E-state index contributed by atoms with van der Waals surface area (Å²) in [5.74, 6) is 0.305. The fourth-order valence-corrected chi connectivity index (χ4v) is 4.01. The largest absolute Gasteiger partial charge is 0.378 e. The number of hydrogen-bond acceptors (Lipinski definition) is 6. The molecule has 0 bridgehead atoms. The van der Waals surface area contributed by atoms with E-state index in [9.17, 15) is 9.59 Å². The molecule has 1 amide bonds. The summed E-state index contributed by atoms with van der Waals surface area (Å²) < 4.78 is 12.0. The van der Waals surface area contributed by atoms with Crippen molar-refractivity contribution < 1.29 is 14.3 Å². The first-order chi connectivity index (χ1) is 14.2. The number of carbonyl (C=O) groups excluding carboxylic acids is 1. The fourth-order valence-electron chi connectivity index (χ4n) is 4.01. The van der Waals surface area contributed by atoms with Gasteiger partial charge in [-0.2, -0.15) is 0 Å². The van der Waals surface area contributed by atoms with Gasteiger partial charge in [0.15, 0.2) is 0 Å². The molecule has 0 saturated carbocycles. The number of ether oxygens (including phenoxy) is 2. The molecular formula is C21H26N4O4. The van der Waals surface area contributed by atoms with Gasteiger partial charge in [-0.05, 0) is 24.0 Å². The number of nitrogens with zero attached hydrogens (tertiary/aromatic N) is 3. The highest BCUT2D eigenvalue weighted by Gasteiger charge is 2.25. The Hall–Kier alpha value is -2.71. The minimum absolute atomic E-state index is 0.0121. The summed E-state index contributed by atoms with van der Waals surface area (Å²) in [6, 6.07) is 9.58. The summed E-state index contributed by atoms with van der Waals surface area (Å²) in [6.07, 6.45) is 1.83. The Labute approximate surface area is 169 Å². The summed E-state index contributed by atoms with van der Waals surface area (Å²) in [5, 5.41) is 3.09. The molecule has 1 aromatic heterocycles. The number of morpholine rings is 1. The Morgan fingerprint density at radius 1 is 1.31 bits per heavy atom. The highest BCUT2D eigenvalue weighted by molar-refractivity contribution is 5.77. The SMILES string of the molecule is COCc1cc(=O)n(CC(=O)N[C@H]2CCc3ccccc32)c(N2CCOCC2)n1. The first-order valence-corrected chi connectivity index (χ1v) is 9.95. The summed E-state index contributed by atoms with van der Waals surface area (Å²) in [6.45, 7) is 2.56. The Balaban J connectivity index is 1.55. The molecule has 1 aliphatic carbocycles. The van der Waals surface area contributed by atoms with Gasteiger partial charge >= 0.3 is 0 Å². The quantitative estimate of drug-likeness (QED) is 0.782.